The largest absolute Gasteiger partial charge is 0.454 e. The molecule has 0 saturated carbocycles. The summed E-state index contributed by atoms with van der Waals surface area (Å²) < 4.78 is 11.6. The van der Waals surface area contributed by atoms with Crippen LogP contribution in [0.2, 0.25) is 0 Å². The summed E-state index contributed by atoms with van der Waals surface area (Å²) >= 11 is 3.39. The first-order chi connectivity index (χ1) is 9.76. The van der Waals surface area contributed by atoms with Crippen molar-refractivity contribution in [1.82, 2.24) is 0 Å². The summed E-state index contributed by atoms with van der Waals surface area (Å²) in [6, 6.07) is 15.5. The van der Waals surface area contributed by atoms with Crippen LogP contribution >= 0.6 is 15.9 Å². The van der Waals surface area contributed by atoms with Crippen LogP contribution in [-0.2, 0) is 0 Å². The molecule has 0 radical (unpaired) electrons. The summed E-state index contributed by atoms with van der Waals surface area (Å²) in [5, 5.41) is 9.34. The van der Waals surface area contributed by atoms with E-state index in [4.69, 9.17) is 9.47 Å². The Morgan fingerprint density at radius 3 is 2.60 bits per heavy atom. The Hall–Kier alpha value is -2.25. The highest BCUT2D eigenvalue weighted by molar-refractivity contribution is 9.10. The molecule has 98 valence electrons. The van der Waals surface area contributed by atoms with Gasteiger partial charge in [0.25, 0.3) is 0 Å². The lowest BCUT2D eigenvalue weighted by Gasteiger charge is -2.02. The van der Waals surface area contributed by atoms with Crippen molar-refractivity contribution in [3.63, 3.8) is 0 Å². The van der Waals surface area contributed by atoms with E-state index in [1.165, 1.54) is 0 Å². The Balaban J connectivity index is 1.98. The van der Waals surface area contributed by atoms with Gasteiger partial charge in [-0.05, 0) is 47.5 Å². The first-order valence-corrected chi connectivity index (χ1v) is 6.83. The smallest absolute Gasteiger partial charge is 0.231 e. The van der Waals surface area contributed by atoms with Gasteiger partial charge in [-0.25, -0.2) is 0 Å². The van der Waals surface area contributed by atoms with Crippen molar-refractivity contribution >= 4 is 27.6 Å². The number of rotatable bonds is 2. The van der Waals surface area contributed by atoms with Crippen molar-refractivity contribution in [2.24, 2.45) is 0 Å². The Labute approximate surface area is 125 Å². The molecule has 0 fully saturated rings. The fourth-order valence-corrected chi connectivity index (χ4v) is 2.23. The first-order valence-electron chi connectivity index (χ1n) is 6.03. The van der Waals surface area contributed by atoms with Crippen LogP contribution in [0.5, 0.6) is 11.5 Å². The first kappa shape index (κ1) is 12.8. The summed E-state index contributed by atoms with van der Waals surface area (Å²) in [4.78, 5) is 0. The van der Waals surface area contributed by atoms with Gasteiger partial charge in [0.05, 0.1) is 11.6 Å². The molecule has 2 aromatic carbocycles. The topological polar surface area (TPSA) is 42.2 Å². The maximum absolute atomic E-state index is 9.34. The minimum atomic E-state index is 0.233. The quantitative estimate of drug-likeness (QED) is 0.612. The molecule has 0 atom stereocenters. The molecule has 1 heterocycles. The van der Waals surface area contributed by atoms with Crippen LogP contribution < -0.4 is 9.47 Å². The molecule has 0 bridgehead atoms. The van der Waals surface area contributed by atoms with Gasteiger partial charge in [0.2, 0.25) is 6.79 Å². The molecule has 1 aliphatic heterocycles. The molecule has 4 heteroatoms. The number of allylic oxidation sites excluding steroid dienone is 1. The average molecular weight is 328 g/mol. The number of benzene rings is 2. The normalized spacial score (nSPS) is 13.1. The maximum Gasteiger partial charge on any atom is 0.231 e. The van der Waals surface area contributed by atoms with E-state index >= 15 is 0 Å². The van der Waals surface area contributed by atoms with Crippen molar-refractivity contribution in [3.8, 4) is 17.6 Å². The standard InChI is InChI=1S/C16H10BrNO2/c17-14-4-1-11(2-5-14)7-13(9-18)12-3-6-15-16(8-12)20-10-19-15/h1-8H,10H2. The molecule has 3 nitrogen and oxygen atoms in total. The van der Waals surface area contributed by atoms with Crippen LogP contribution in [0.4, 0.5) is 0 Å². The monoisotopic (exact) mass is 327 g/mol. The van der Waals surface area contributed by atoms with E-state index in [2.05, 4.69) is 22.0 Å². The lowest BCUT2D eigenvalue weighted by molar-refractivity contribution is 0.174. The Morgan fingerprint density at radius 1 is 1.10 bits per heavy atom. The van der Waals surface area contributed by atoms with Gasteiger partial charge < -0.3 is 9.47 Å². The zero-order valence-corrected chi connectivity index (χ0v) is 12.1. The van der Waals surface area contributed by atoms with Crippen LogP contribution in [-0.4, -0.2) is 6.79 Å². The number of nitriles is 1. The molecule has 2 aromatic rings. The molecule has 0 unspecified atom stereocenters. The number of hydrogen-bond donors (Lipinski definition) is 0. The summed E-state index contributed by atoms with van der Waals surface area (Å²) in [6.45, 7) is 0.233. The maximum atomic E-state index is 9.34. The Kier molecular flexibility index (Phi) is 3.44. The number of fused-ring (bicyclic) bond motifs is 1. The molecular formula is C16H10BrNO2. The van der Waals surface area contributed by atoms with E-state index in [9.17, 15) is 5.26 Å². The molecule has 0 spiro atoms. The third kappa shape index (κ3) is 2.54. The van der Waals surface area contributed by atoms with Crippen molar-refractivity contribution in [3.05, 3.63) is 58.1 Å². The van der Waals surface area contributed by atoms with Gasteiger partial charge in [0.1, 0.15) is 0 Å². The predicted octanol–water partition coefficient (Wildman–Crippen LogP) is 4.24. The highest BCUT2D eigenvalue weighted by Crippen LogP contribution is 2.34. The van der Waals surface area contributed by atoms with Gasteiger partial charge in [-0.3, -0.25) is 0 Å². The highest BCUT2D eigenvalue weighted by Gasteiger charge is 2.14. The van der Waals surface area contributed by atoms with E-state index < -0.39 is 0 Å². The number of nitrogens with zero attached hydrogens (tertiary/aromatic N) is 1. The number of hydrogen-bond acceptors (Lipinski definition) is 3. The molecule has 0 amide bonds. The van der Waals surface area contributed by atoms with Crippen LogP contribution in [0.3, 0.4) is 0 Å². The minimum Gasteiger partial charge on any atom is -0.454 e. The van der Waals surface area contributed by atoms with Gasteiger partial charge in [-0.2, -0.15) is 5.26 Å². The second-order valence-corrected chi connectivity index (χ2v) is 5.21. The van der Waals surface area contributed by atoms with E-state index in [-0.39, 0.29) is 6.79 Å². The average Bonchev–Trinajstić information content (AvgIpc) is 2.94. The van der Waals surface area contributed by atoms with Crippen LogP contribution in [0, 0.1) is 11.3 Å². The second kappa shape index (κ2) is 5.40. The van der Waals surface area contributed by atoms with Gasteiger partial charge in [-0.15, -0.1) is 0 Å². The molecule has 0 aliphatic carbocycles. The Morgan fingerprint density at radius 2 is 1.85 bits per heavy atom. The zero-order valence-electron chi connectivity index (χ0n) is 10.5. The van der Waals surface area contributed by atoms with E-state index in [0.29, 0.717) is 11.3 Å². The SMILES string of the molecule is N#CC(=Cc1ccc(Br)cc1)c1ccc2c(c1)OCO2. The molecule has 20 heavy (non-hydrogen) atoms. The summed E-state index contributed by atoms with van der Waals surface area (Å²) in [5.41, 5.74) is 2.38. The summed E-state index contributed by atoms with van der Waals surface area (Å²) in [5.74, 6) is 1.40. The fraction of sp³-hybridized carbons (Fsp3) is 0.0625. The van der Waals surface area contributed by atoms with E-state index in [1.54, 1.807) is 0 Å². The van der Waals surface area contributed by atoms with Gasteiger partial charge >= 0.3 is 0 Å². The number of halogens is 1. The molecule has 0 N–H and O–H groups in total. The summed E-state index contributed by atoms with van der Waals surface area (Å²) in [6.07, 6.45) is 1.85. The predicted molar refractivity (Wildman–Crippen MR) is 80.2 cm³/mol. The lowest BCUT2D eigenvalue weighted by Crippen LogP contribution is -1.92. The van der Waals surface area contributed by atoms with Gasteiger partial charge in [0.15, 0.2) is 11.5 Å². The lowest BCUT2D eigenvalue weighted by atomic mass is 10.0. The third-order valence-electron chi connectivity index (χ3n) is 2.99. The Bertz CT molecular complexity index is 714. The highest BCUT2D eigenvalue weighted by atomic mass is 79.9. The van der Waals surface area contributed by atoms with E-state index in [0.717, 1.165) is 21.3 Å². The van der Waals surface area contributed by atoms with Crippen molar-refractivity contribution in [1.29, 1.82) is 5.26 Å². The van der Waals surface area contributed by atoms with Gasteiger partial charge in [0, 0.05) is 4.47 Å². The van der Waals surface area contributed by atoms with Crippen LogP contribution in [0.25, 0.3) is 11.6 Å². The number of ether oxygens (including phenoxy) is 2. The van der Waals surface area contributed by atoms with Crippen LogP contribution in [0.15, 0.2) is 46.9 Å². The van der Waals surface area contributed by atoms with Crippen molar-refractivity contribution in [2.45, 2.75) is 0 Å². The van der Waals surface area contributed by atoms with Gasteiger partial charge in [-0.1, -0.05) is 28.1 Å². The van der Waals surface area contributed by atoms with Crippen molar-refractivity contribution < 1.29 is 9.47 Å². The molecule has 1 aliphatic rings. The van der Waals surface area contributed by atoms with E-state index in [1.807, 2.05) is 48.5 Å². The molecule has 3 rings (SSSR count). The molecular weight excluding hydrogens is 318 g/mol. The third-order valence-corrected chi connectivity index (χ3v) is 3.51. The minimum absolute atomic E-state index is 0.233. The van der Waals surface area contributed by atoms with Crippen LogP contribution in [0.1, 0.15) is 11.1 Å². The summed E-state index contributed by atoms with van der Waals surface area (Å²) in [7, 11) is 0. The second-order valence-electron chi connectivity index (χ2n) is 4.29. The zero-order chi connectivity index (χ0) is 13.9. The van der Waals surface area contributed by atoms with Crippen molar-refractivity contribution in [2.75, 3.05) is 6.79 Å². The molecule has 0 saturated heterocycles. The fourth-order valence-electron chi connectivity index (χ4n) is 1.97. The molecule has 0 aromatic heterocycles.